The van der Waals surface area contributed by atoms with Crippen molar-refractivity contribution in [2.75, 3.05) is 6.54 Å². The summed E-state index contributed by atoms with van der Waals surface area (Å²) in [6.07, 6.45) is 3.54. The average molecular weight is 341 g/mol. The van der Waals surface area contributed by atoms with E-state index in [9.17, 15) is 18.5 Å². The molecule has 1 aromatic rings. The van der Waals surface area contributed by atoms with Gasteiger partial charge in [-0.3, -0.25) is 10.1 Å². The van der Waals surface area contributed by atoms with E-state index in [4.69, 9.17) is 5.73 Å². The first-order valence-corrected chi connectivity index (χ1v) is 9.23. The lowest BCUT2D eigenvalue weighted by molar-refractivity contribution is -0.387. The Hall–Kier alpha value is -1.51. The predicted octanol–water partition coefficient (Wildman–Crippen LogP) is 2.01. The van der Waals surface area contributed by atoms with E-state index in [1.165, 1.54) is 6.07 Å². The number of hydrogen-bond donors (Lipinski definition) is 2. The first kappa shape index (κ1) is 17.8. The highest BCUT2D eigenvalue weighted by molar-refractivity contribution is 7.89. The highest BCUT2D eigenvalue weighted by Crippen LogP contribution is 2.31. The van der Waals surface area contributed by atoms with Gasteiger partial charge in [-0.05, 0) is 50.3 Å². The molecule has 0 bridgehead atoms. The summed E-state index contributed by atoms with van der Waals surface area (Å²) in [6.45, 7) is 3.74. The smallest absolute Gasteiger partial charge is 0.289 e. The molecule has 23 heavy (non-hydrogen) atoms. The van der Waals surface area contributed by atoms with Crippen molar-refractivity contribution in [1.29, 1.82) is 0 Å². The molecule has 0 amide bonds. The molecule has 2 atom stereocenters. The molecule has 2 rings (SSSR count). The summed E-state index contributed by atoms with van der Waals surface area (Å²) in [7, 11) is -3.98. The number of benzene rings is 1. The number of hydrogen-bond acceptors (Lipinski definition) is 5. The summed E-state index contributed by atoms with van der Waals surface area (Å²) >= 11 is 0. The molecule has 2 unspecified atom stereocenters. The summed E-state index contributed by atoms with van der Waals surface area (Å²) in [5, 5.41) is 11.2. The maximum atomic E-state index is 12.8. The largest absolute Gasteiger partial charge is 0.330 e. The molecule has 0 aromatic heterocycles. The lowest BCUT2D eigenvalue weighted by Crippen LogP contribution is -2.44. The molecule has 128 valence electrons. The van der Waals surface area contributed by atoms with Crippen molar-refractivity contribution in [2.45, 2.75) is 50.5 Å². The van der Waals surface area contributed by atoms with Crippen LogP contribution in [-0.2, 0) is 10.0 Å². The van der Waals surface area contributed by atoms with Gasteiger partial charge < -0.3 is 5.73 Å². The van der Waals surface area contributed by atoms with Crippen LogP contribution in [-0.4, -0.2) is 25.9 Å². The van der Waals surface area contributed by atoms with Crippen LogP contribution >= 0.6 is 0 Å². The van der Waals surface area contributed by atoms with Crippen molar-refractivity contribution < 1.29 is 13.3 Å². The third-order valence-corrected chi connectivity index (χ3v) is 6.31. The van der Waals surface area contributed by atoms with Gasteiger partial charge in [-0.15, -0.1) is 0 Å². The summed E-state index contributed by atoms with van der Waals surface area (Å²) in [5.74, 6) is 0.0719. The normalized spacial score (nSPS) is 22.0. The molecular formula is C15H23N3O4S. The Morgan fingerprint density at radius 2 is 1.96 bits per heavy atom. The Morgan fingerprint density at radius 3 is 2.57 bits per heavy atom. The molecule has 1 fully saturated rings. The predicted molar refractivity (Wildman–Crippen MR) is 87.7 cm³/mol. The molecular weight excluding hydrogens is 318 g/mol. The van der Waals surface area contributed by atoms with E-state index in [0.29, 0.717) is 24.1 Å². The molecule has 8 heteroatoms. The number of nitrogens with zero attached hydrogens (tertiary/aromatic N) is 1. The van der Waals surface area contributed by atoms with Gasteiger partial charge >= 0.3 is 0 Å². The first-order valence-electron chi connectivity index (χ1n) is 7.75. The van der Waals surface area contributed by atoms with Gasteiger partial charge in [0.05, 0.1) is 4.92 Å². The zero-order chi connectivity index (χ0) is 17.2. The van der Waals surface area contributed by atoms with Crippen LogP contribution in [0.3, 0.4) is 0 Å². The number of aryl methyl sites for hydroxylation is 1. The van der Waals surface area contributed by atoms with Crippen LogP contribution in [0.1, 0.15) is 36.8 Å². The van der Waals surface area contributed by atoms with Gasteiger partial charge in [0.15, 0.2) is 4.90 Å². The average Bonchev–Trinajstić information content (AvgIpc) is 2.49. The van der Waals surface area contributed by atoms with Crippen molar-refractivity contribution in [3.8, 4) is 0 Å². The van der Waals surface area contributed by atoms with Crippen LogP contribution in [0.5, 0.6) is 0 Å². The van der Waals surface area contributed by atoms with Crippen molar-refractivity contribution >= 4 is 15.7 Å². The van der Waals surface area contributed by atoms with Gasteiger partial charge in [-0.1, -0.05) is 18.9 Å². The summed E-state index contributed by atoms with van der Waals surface area (Å²) in [6, 6.07) is 2.55. The number of sulfonamides is 1. The van der Waals surface area contributed by atoms with Gasteiger partial charge in [0, 0.05) is 12.1 Å². The molecule has 1 saturated carbocycles. The third kappa shape index (κ3) is 3.70. The van der Waals surface area contributed by atoms with E-state index in [0.717, 1.165) is 19.3 Å². The van der Waals surface area contributed by atoms with E-state index >= 15 is 0 Å². The quantitative estimate of drug-likeness (QED) is 0.628. The highest BCUT2D eigenvalue weighted by atomic mass is 32.2. The van der Waals surface area contributed by atoms with Crippen LogP contribution in [0.25, 0.3) is 0 Å². The zero-order valence-electron chi connectivity index (χ0n) is 13.4. The zero-order valence-corrected chi connectivity index (χ0v) is 14.2. The fraction of sp³-hybridized carbons (Fsp3) is 0.600. The minimum Gasteiger partial charge on any atom is -0.330 e. The van der Waals surface area contributed by atoms with Gasteiger partial charge in [-0.2, -0.15) is 0 Å². The number of nitrogens with two attached hydrogens (primary N) is 1. The second-order valence-corrected chi connectivity index (χ2v) is 7.77. The number of nitrogens with one attached hydrogen (secondary N) is 1. The Morgan fingerprint density at radius 1 is 1.30 bits per heavy atom. The SMILES string of the molecule is Cc1ccc([N+](=O)[O-])c(S(=O)(=O)NC2CCCCC2CN)c1C. The molecule has 1 aliphatic carbocycles. The fourth-order valence-electron chi connectivity index (χ4n) is 3.16. The van der Waals surface area contributed by atoms with Gasteiger partial charge in [0.2, 0.25) is 10.0 Å². The van der Waals surface area contributed by atoms with Gasteiger partial charge in [-0.25, -0.2) is 13.1 Å². The number of rotatable bonds is 5. The van der Waals surface area contributed by atoms with E-state index in [1.807, 2.05) is 0 Å². The molecule has 0 saturated heterocycles. The van der Waals surface area contributed by atoms with E-state index in [2.05, 4.69) is 4.72 Å². The summed E-state index contributed by atoms with van der Waals surface area (Å²) in [5.41, 5.74) is 6.46. The molecule has 3 N–H and O–H groups in total. The lowest BCUT2D eigenvalue weighted by atomic mass is 9.85. The van der Waals surface area contributed by atoms with Crippen LogP contribution in [0.15, 0.2) is 17.0 Å². The number of nitro benzene ring substituents is 1. The highest BCUT2D eigenvalue weighted by Gasteiger charge is 2.33. The number of nitro groups is 1. The van der Waals surface area contributed by atoms with Crippen LogP contribution < -0.4 is 10.5 Å². The van der Waals surface area contributed by atoms with E-state index < -0.39 is 14.9 Å². The van der Waals surface area contributed by atoms with E-state index in [1.54, 1.807) is 19.9 Å². The standard InChI is InChI=1S/C15H23N3O4S/c1-10-7-8-14(18(19)20)15(11(10)2)23(21,22)17-13-6-4-3-5-12(13)9-16/h7-8,12-13,17H,3-6,9,16H2,1-2H3. The fourth-order valence-corrected chi connectivity index (χ4v) is 4.97. The maximum absolute atomic E-state index is 12.8. The van der Waals surface area contributed by atoms with Crippen molar-refractivity contribution in [3.63, 3.8) is 0 Å². The third-order valence-electron chi connectivity index (χ3n) is 4.64. The Balaban J connectivity index is 2.43. The Labute approximate surface area is 136 Å². The monoisotopic (exact) mass is 341 g/mol. The molecule has 0 heterocycles. The van der Waals surface area contributed by atoms with Gasteiger partial charge in [0.25, 0.3) is 5.69 Å². The second kappa shape index (κ2) is 6.94. The van der Waals surface area contributed by atoms with Crippen LogP contribution in [0.4, 0.5) is 5.69 Å². The molecule has 0 spiro atoms. The van der Waals surface area contributed by atoms with Crippen LogP contribution in [0, 0.1) is 29.9 Å². The minimum atomic E-state index is -3.98. The van der Waals surface area contributed by atoms with E-state index in [-0.39, 0.29) is 22.5 Å². The topological polar surface area (TPSA) is 115 Å². The van der Waals surface area contributed by atoms with Crippen molar-refractivity contribution in [3.05, 3.63) is 33.4 Å². The lowest BCUT2D eigenvalue weighted by Gasteiger charge is -2.31. The molecule has 0 aliphatic heterocycles. The summed E-state index contributed by atoms with van der Waals surface area (Å²) in [4.78, 5) is 10.4. The molecule has 0 radical (unpaired) electrons. The van der Waals surface area contributed by atoms with Crippen LogP contribution in [0.2, 0.25) is 0 Å². The second-order valence-electron chi connectivity index (χ2n) is 6.12. The minimum absolute atomic E-state index is 0.0719. The van der Waals surface area contributed by atoms with Crippen molar-refractivity contribution in [1.82, 2.24) is 4.72 Å². The maximum Gasteiger partial charge on any atom is 0.289 e. The first-order chi connectivity index (χ1) is 10.8. The molecule has 7 nitrogen and oxygen atoms in total. The Bertz CT molecular complexity index is 703. The molecule has 1 aliphatic rings. The van der Waals surface area contributed by atoms with Gasteiger partial charge in [0.1, 0.15) is 0 Å². The van der Waals surface area contributed by atoms with Crippen molar-refractivity contribution in [2.24, 2.45) is 11.7 Å². The Kier molecular flexibility index (Phi) is 5.38. The molecule has 1 aromatic carbocycles. The summed E-state index contributed by atoms with van der Waals surface area (Å²) < 4.78 is 28.3.